The third kappa shape index (κ3) is 4.62. The Morgan fingerprint density at radius 3 is 1.86 bits per heavy atom. The number of benzene rings is 8. The van der Waals surface area contributed by atoms with Crippen LogP contribution in [0.3, 0.4) is 0 Å². The van der Waals surface area contributed by atoms with Crippen molar-refractivity contribution in [2.45, 2.75) is 0 Å². The van der Waals surface area contributed by atoms with Gasteiger partial charge in [-0.1, -0.05) is 121 Å². The molecule has 0 aliphatic carbocycles. The first kappa shape index (κ1) is 27.9. The highest BCUT2D eigenvalue weighted by atomic mass is 32.1. The van der Waals surface area contributed by atoms with Gasteiger partial charge in [0.15, 0.2) is 0 Å². The average Bonchev–Trinajstić information content (AvgIpc) is 3.74. The van der Waals surface area contributed by atoms with Gasteiger partial charge in [-0.05, 0) is 87.6 Å². The Morgan fingerprint density at radius 1 is 0.408 bits per heavy atom. The second kappa shape index (κ2) is 11.2. The molecule has 0 saturated carbocycles. The van der Waals surface area contributed by atoms with Crippen molar-refractivity contribution in [1.29, 1.82) is 0 Å². The van der Waals surface area contributed by atoms with Crippen LogP contribution in [0.4, 0.5) is 17.1 Å². The number of hydrogen-bond donors (Lipinski definition) is 0. The second-order valence-electron chi connectivity index (χ2n) is 12.5. The van der Waals surface area contributed by atoms with Gasteiger partial charge in [-0.2, -0.15) is 0 Å². The van der Waals surface area contributed by atoms with Gasteiger partial charge >= 0.3 is 0 Å². The summed E-state index contributed by atoms with van der Waals surface area (Å²) in [5, 5.41) is 7.32. The van der Waals surface area contributed by atoms with Gasteiger partial charge < -0.3 is 9.32 Å². The van der Waals surface area contributed by atoms with E-state index in [1.54, 1.807) is 0 Å². The Hall–Kier alpha value is -6.16. The minimum atomic E-state index is 0.890. The van der Waals surface area contributed by atoms with E-state index in [1.807, 2.05) is 11.3 Å². The number of nitrogens with zero attached hydrogens (tertiary/aromatic N) is 1. The highest BCUT2D eigenvalue weighted by Crippen LogP contribution is 2.43. The van der Waals surface area contributed by atoms with Crippen molar-refractivity contribution in [3.63, 3.8) is 0 Å². The molecule has 0 atom stereocenters. The van der Waals surface area contributed by atoms with Crippen molar-refractivity contribution in [3.05, 3.63) is 176 Å². The Morgan fingerprint density at radius 2 is 1.04 bits per heavy atom. The quantitative estimate of drug-likeness (QED) is 0.186. The molecule has 0 aliphatic heterocycles. The van der Waals surface area contributed by atoms with E-state index in [0.717, 1.165) is 39.0 Å². The molecule has 0 aliphatic rings. The van der Waals surface area contributed by atoms with Gasteiger partial charge in [0.1, 0.15) is 11.2 Å². The van der Waals surface area contributed by atoms with Gasteiger partial charge in [0.2, 0.25) is 0 Å². The van der Waals surface area contributed by atoms with Crippen LogP contribution in [0.2, 0.25) is 0 Å². The molecule has 2 aromatic heterocycles. The van der Waals surface area contributed by atoms with Gasteiger partial charge in [0.25, 0.3) is 0 Å². The molecule has 10 aromatic rings. The predicted molar refractivity (Wildman–Crippen MR) is 210 cm³/mol. The smallest absolute Gasteiger partial charge is 0.136 e. The molecule has 0 saturated heterocycles. The fourth-order valence-corrected chi connectivity index (χ4v) is 8.56. The van der Waals surface area contributed by atoms with E-state index in [1.165, 1.54) is 53.2 Å². The van der Waals surface area contributed by atoms with Crippen molar-refractivity contribution in [2.75, 3.05) is 4.90 Å². The molecule has 2 heterocycles. The zero-order valence-electron chi connectivity index (χ0n) is 26.5. The van der Waals surface area contributed by atoms with Gasteiger partial charge in [0, 0.05) is 48.0 Å². The lowest BCUT2D eigenvalue weighted by Gasteiger charge is -2.26. The van der Waals surface area contributed by atoms with Gasteiger partial charge in [-0.3, -0.25) is 0 Å². The van der Waals surface area contributed by atoms with Crippen LogP contribution in [0.25, 0.3) is 75.1 Å². The zero-order valence-corrected chi connectivity index (χ0v) is 27.3. The maximum Gasteiger partial charge on any atom is 0.136 e. The Labute approximate surface area is 287 Å². The third-order valence-electron chi connectivity index (χ3n) is 9.67. The molecule has 49 heavy (non-hydrogen) atoms. The number of thiophene rings is 1. The highest BCUT2D eigenvalue weighted by molar-refractivity contribution is 7.26. The topological polar surface area (TPSA) is 16.4 Å². The van der Waals surface area contributed by atoms with E-state index in [2.05, 4.69) is 181 Å². The molecule has 0 unspecified atom stereocenters. The number of hydrogen-bond acceptors (Lipinski definition) is 3. The van der Waals surface area contributed by atoms with Gasteiger partial charge in [-0.15, -0.1) is 11.3 Å². The Bertz CT molecular complexity index is 2810. The van der Waals surface area contributed by atoms with E-state index in [4.69, 9.17) is 4.42 Å². The number of furan rings is 1. The monoisotopic (exact) mass is 643 g/mol. The highest BCUT2D eigenvalue weighted by Gasteiger charge is 2.18. The SMILES string of the molecule is c1ccc(-c2ccc(N(c3ccc(-c4cccc5c4sc4ccccc45)cc3)c3ccc4oc5ccc6ccccc6c5c4c3)cc2)cc1. The fourth-order valence-electron chi connectivity index (χ4n) is 7.32. The van der Waals surface area contributed by atoms with E-state index in [-0.39, 0.29) is 0 Å². The van der Waals surface area contributed by atoms with E-state index in [9.17, 15) is 0 Å². The summed E-state index contributed by atoms with van der Waals surface area (Å²) < 4.78 is 9.02. The first-order chi connectivity index (χ1) is 24.3. The summed E-state index contributed by atoms with van der Waals surface area (Å²) in [6, 6.07) is 63.2. The number of anilines is 3. The van der Waals surface area contributed by atoms with Crippen LogP contribution in [0.5, 0.6) is 0 Å². The van der Waals surface area contributed by atoms with Gasteiger partial charge in [0.05, 0.1) is 0 Å². The van der Waals surface area contributed by atoms with Crippen LogP contribution in [0, 0.1) is 0 Å². The molecule has 8 aromatic carbocycles. The molecule has 2 nitrogen and oxygen atoms in total. The lowest BCUT2D eigenvalue weighted by molar-refractivity contribution is 0.669. The molecule has 230 valence electrons. The first-order valence-corrected chi connectivity index (χ1v) is 17.4. The summed E-state index contributed by atoms with van der Waals surface area (Å²) in [6.07, 6.45) is 0. The zero-order chi connectivity index (χ0) is 32.3. The summed E-state index contributed by atoms with van der Waals surface area (Å²) >= 11 is 1.87. The summed E-state index contributed by atoms with van der Waals surface area (Å²) in [7, 11) is 0. The van der Waals surface area contributed by atoms with Crippen molar-refractivity contribution < 1.29 is 4.42 Å². The van der Waals surface area contributed by atoms with Crippen LogP contribution in [-0.2, 0) is 0 Å². The molecule has 0 N–H and O–H groups in total. The van der Waals surface area contributed by atoms with Crippen LogP contribution in [0.15, 0.2) is 180 Å². The second-order valence-corrected chi connectivity index (χ2v) is 13.6. The van der Waals surface area contributed by atoms with E-state index in [0.29, 0.717) is 0 Å². The summed E-state index contributed by atoms with van der Waals surface area (Å²) in [5.74, 6) is 0. The van der Waals surface area contributed by atoms with Crippen LogP contribution in [0.1, 0.15) is 0 Å². The molecule has 10 rings (SSSR count). The molecule has 0 spiro atoms. The predicted octanol–water partition coefficient (Wildman–Crippen LogP) is 13.9. The minimum absolute atomic E-state index is 0.890. The third-order valence-corrected chi connectivity index (χ3v) is 10.9. The van der Waals surface area contributed by atoms with E-state index >= 15 is 0 Å². The molecule has 0 fully saturated rings. The molecular formula is C46H29NOS. The number of rotatable bonds is 5. The van der Waals surface area contributed by atoms with Crippen molar-refractivity contribution in [2.24, 2.45) is 0 Å². The van der Waals surface area contributed by atoms with Gasteiger partial charge in [-0.25, -0.2) is 0 Å². The van der Waals surface area contributed by atoms with Crippen molar-refractivity contribution in [3.8, 4) is 22.3 Å². The first-order valence-electron chi connectivity index (χ1n) is 16.6. The van der Waals surface area contributed by atoms with Crippen molar-refractivity contribution in [1.82, 2.24) is 0 Å². The van der Waals surface area contributed by atoms with E-state index < -0.39 is 0 Å². The summed E-state index contributed by atoms with van der Waals surface area (Å²) in [5.41, 5.74) is 9.94. The molecular weight excluding hydrogens is 615 g/mol. The summed E-state index contributed by atoms with van der Waals surface area (Å²) in [4.78, 5) is 2.35. The maximum atomic E-state index is 6.38. The molecule has 0 amide bonds. The summed E-state index contributed by atoms with van der Waals surface area (Å²) in [6.45, 7) is 0. The normalized spacial score (nSPS) is 11.7. The Kier molecular flexibility index (Phi) is 6.39. The van der Waals surface area contributed by atoms with Crippen molar-refractivity contribution >= 4 is 81.3 Å². The van der Waals surface area contributed by atoms with Crippen LogP contribution in [-0.4, -0.2) is 0 Å². The average molecular weight is 644 g/mol. The molecule has 0 bridgehead atoms. The fraction of sp³-hybridized carbons (Fsp3) is 0. The lowest BCUT2D eigenvalue weighted by atomic mass is 10.0. The van der Waals surface area contributed by atoms with Crippen LogP contribution >= 0.6 is 11.3 Å². The lowest BCUT2D eigenvalue weighted by Crippen LogP contribution is -2.09. The maximum absolute atomic E-state index is 6.38. The minimum Gasteiger partial charge on any atom is -0.456 e. The molecule has 3 heteroatoms. The molecule has 0 radical (unpaired) electrons. The van der Waals surface area contributed by atoms with Crippen LogP contribution < -0.4 is 4.90 Å². The Balaban J connectivity index is 1.13. The standard InChI is InChI=1S/C46H29NOS/c1-2-9-30(10-3-1)31-17-22-34(23-18-31)47(36-26-28-42-41(29-36)45-37-12-5-4-11-32(37)21-27-43(45)48-42)35-24-19-33(20-25-35)38-14-8-15-40-39-13-6-7-16-44(39)49-46(38)40/h1-29H. The number of fused-ring (bicyclic) bond motifs is 8. The largest absolute Gasteiger partial charge is 0.456 e.